The summed E-state index contributed by atoms with van der Waals surface area (Å²) in [5, 5.41) is 3.39. The summed E-state index contributed by atoms with van der Waals surface area (Å²) in [5.41, 5.74) is 0.477. The number of hydrogen-bond donors (Lipinski definition) is 1. The molecule has 1 unspecified atom stereocenters. The van der Waals surface area contributed by atoms with Crippen LogP contribution in [0.1, 0.15) is 23.2 Å². The minimum absolute atomic E-state index is 0.104. The quantitative estimate of drug-likeness (QED) is 0.848. The largest absolute Gasteiger partial charge is 0.383 e. The fourth-order valence-corrected chi connectivity index (χ4v) is 3.01. The lowest BCUT2D eigenvalue weighted by atomic mass is 10.1. The molecule has 0 aliphatic carbocycles. The first kappa shape index (κ1) is 16.4. The van der Waals surface area contributed by atoms with Crippen LogP contribution in [0.5, 0.6) is 0 Å². The Morgan fingerprint density at radius 2 is 2.38 bits per heavy atom. The summed E-state index contributed by atoms with van der Waals surface area (Å²) in [4.78, 5) is 14.4. The lowest BCUT2D eigenvalue weighted by Gasteiger charge is -2.26. The molecule has 21 heavy (non-hydrogen) atoms. The summed E-state index contributed by atoms with van der Waals surface area (Å²) in [6.45, 7) is 2.65. The summed E-state index contributed by atoms with van der Waals surface area (Å²) < 4.78 is 18.7. The molecular weight excluding hydrogens is 339 g/mol. The van der Waals surface area contributed by atoms with E-state index in [0.717, 1.165) is 19.4 Å². The third kappa shape index (κ3) is 4.49. The number of nitrogens with zero attached hydrogens (tertiary/aromatic N) is 1. The van der Waals surface area contributed by atoms with Crippen molar-refractivity contribution in [1.29, 1.82) is 0 Å². The number of halogens is 2. The van der Waals surface area contributed by atoms with E-state index in [2.05, 4.69) is 21.2 Å². The van der Waals surface area contributed by atoms with Gasteiger partial charge in [-0.25, -0.2) is 4.39 Å². The summed E-state index contributed by atoms with van der Waals surface area (Å²) in [6, 6.07) is 4.46. The monoisotopic (exact) mass is 358 g/mol. The minimum atomic E-state index is -0.362. The van der Waals surface area contributed by atoms with Crippen LogP contribution in [-0.4, -0.2) is 50.2 Å². The maximum atomic E-state index is 13.2. The first-order valence-corrected chi connectivity index (χ1v) is 7.87. The number of methoxy groups -OCH3 is 1. The van der Waals surface area contributed by atoms with Gasteiger partial charge < -0.3 is 15.0 Å². The van der Waals surface area contributed by atoms with Crippen LogP contribution >= 0.6 is 15.9 Å². The third-order valence-electron chi connectivity index (χ3n) is 3.62. The number of hydrogen-bond acceptors (Lipinski definition) is 3. The molecule has 1 amide bonds. The molecule has 1 saturated heterocycles. The van der Waals surface area contributed by atoms with Gasteiger partial charge in [0.05, 0.1) is 12.2 Å². The molecule has 0 radical (unpaired) electrons. The van der Waals surface area contributed by atoms with Gasteiger partial charge in [0.25, 0.3) is 5.91 Å². The van der Waals surface area contributed by atoms with Crippen molar-refractivity contribution in [3.8, 4) is 0 Å². The van der Waals surface area contributed by atoms with E-state index in [4.69, 9.17) is 4.74 Å². The smallest absolute Gasteiger partial charge is 0.255 e. The van der Waals surface area contributed by atoms with Gasteiger partial charge in [0.1, 0.15) is 5.82 Å². The van der Waals surface area contributed by atoms with Crippen LogP contribution in [0, 0.1) is 5.82 Å². The maximum Gasteiger partial charge on any atom is 0.255 e. The fraction of sp³-hybridized carbons (Fsp3) is 0.533. The molecule has 0 aromatic heterocycles. The van der Waals surface area contributed by atoms with Gasteiger partial charge in [-0.05, 0) is 53.5 Å². The Bertz CT molecular complexity index is 493. The van der Waals surface area contributed by atoms with Gasteiger partial charge in [-0.2, -0.15) is 0 Å². The van der Waals surface area contributed by atoms with Crippen LogP contribution in [0.3, 0.4) is 0 Å². The number of amides is 1. The normalized spacial score (nSPS) is 18.0. The van der Waals surface area contributed by atoms with Gasteiger partial charge in [0, 0.05) is 30.7 Å². The summed E-state index contributed by atoms with van der Waals surface area (Å²) >= 11 is 3.26. The van der Waals surface area contributed by atoms with Crippen molar-refractivity contribution >= 4 is 21.8 Å². The van der Waals surface area contributed by atoms with Gasteiger partial charge in [-0.3, -0.25) is 4.79 Å². The van der Waals surface area contributed by atoms with Crippen molar-refractivity contribution < 1.29 is 13.9 Å². The number of carbonyl (C=O) groups is 1. The molecule has 0 spiro atoms. The number of nitrogens with one attached hydrogen (secondary N) is 1. The van der Waals surface area contributed by atoms with Crippen molar-refractivity contribution in [2.45, 2.75) is 18.9 Å². The van der Waals surface area contributed by atoms with Gasteiger partial charge >= 0.3 is 0 Å². The average molecular weight is 359 g/mol. The Morgan fingerprint density at radius 3 is 3.00 bits per heavy atom. The molecule has 1 N–H and O–H groups in total. The Hall–Kier alpha value is -0.980. The van der Waals surface area contributed by atoms with Gasteiger partial charge in [-0.15, -0.1) is 0 Å². The first-order chi connectivity index (χ1) is 10.1. The van der Waals surface area contributed by atoms with Crippen LogP contribution in [0.25, 0.3) is 0 Å². The van der Waals surface area contributed by atoms with E-state index < -0.39 is 0 Å². The second-order valence-electron chi connectivity index (χ2n) is 5.16. The van der Waals surface area contributed by atoms with Crippen LogP contribution in [0.15, 0.2) is 22.7 Å². The summed E-state index contributed by atoms with van der Waals surface area (Å²) in [6.07, 6.45) is 2.21. The SMILES string of the molecule is COCCN(CC1CCCN1)C(=O)c1ccc(F)cc1Br. The lowest BCUT2D eigenvalue weighted by molar-refractivity contribution is 0.0678. The van der Waals surface area contributed by atoms with E-state index in [9.17, 15) is 9.18 Å². The molecule has 116 valence electrons. The second-order valence-corrected chi connectivity index (χ2v) is 6.02. The highest BCUT2D eigenvalue weighted by atomic mass is 79.9. The summed E-state index contributed by atoms with van der Waals surface area (Å²) in [7, 11) is 1.62. The zero-order valence-corrected chi connectivity index (χ0v) is 13.7. The van der Waals surface area contributed by atoms with Crippen molar-refractivity contribution in [1.82, 2.24) is 10.2 Å². The number of carbonyl (C=O) groups excluding carboxylic acids is 1. The van der Waals surface area contributed by atoms with Crippen LogP contribution in [0.4, 0.5) is 4.39 Å². The molecule has 1 aliphatic rings. The van der Waals surface area contributed by atoms with E-state index >= 15 is 0 Å². The number of rotatable bonds is 6. The van der Waals surface area contributed by atoms with Crippen LogP contribution < -0.4 is 5.32 Å². The van der Waals surface area contributed by atoms with E-state index in [1.165, 1.54) is 18.2 Å². The molecule has 0 saturated carbocycles. The zero-order valence-electron chi connectivity index (χ0n) is 12.1. The predicted molar refractivity (Wildman–Crippen MR) is 82.9 cm³/mol. The Morgan fingerprint density at radius 1 is 1.57 bits per heavy atom. The lowest BCUT2D eigenvalue weighted by Crippen LogP contribution is -2.42. The number of benzene rings is 1. The van der Waals surface area contributed by atoms with Gasteiger partial charge in [0.15, 0.2) is 0 Å². The van der Waals surface area contributed by atoms with E-state index in [1.807, 2.05) is 0 Å². The Balaban J connectivity index is 2.11. The standard InChI is InChI=1S/C15H20BrFN2O2/c1-21-8-7-19(10-12-3-2-6-18-12)15(20)13-5-4-11(17)9-14(13)16/h4-5,9,12,18H,2-3,6-8,10H2,1H3. The van der Waals surface area contributed by atoms with E-state index in [-0.39, 0.29) is 11.7 Å². The maximum absolute atomic E-state index is 13.2. The average Bonchev–Trinajstić information content (AvgIpc) is 2.95. The molecular formula is C15H20BrFN2O2. The third-order valence-corrected chi connectivity index (χ3v) is 4.27. The van der Waals surface area contributed by atoms with Crippen molar-refractivity contribution in [2.75, 3.05) is 33.4 Å². The van der Waals surface area contributed by atoms with Crippen molar-refractivity contribution in [2.24, 2.45) is 0 Å². The molecule has 1 aromatic carbocycles. The highest BCUT2D eigenvalue weighted by Gasteiger charge is 2.23. The minimum Gasteiger partial charge on any atom is -0.383 e. The van der Waals surface area contributed by atoms with Crippen LogP contribution in [-0.2, 0) is 4.74 Å². The Labute approximate surface area is 132 Å². The number of ether oxygens (including phenoxy) is 1. The van der Waals surface area contributed by atoms with Crippen LogP contribution in [0.2, 0.25) is 0 Å². The highest BCUT2D eigenvalue weighted by molar-refractivity contribution is 9.10. The molecule has 1 atom stereocenters. The van der Waals surface area contributed by atoms with Gasteiger partial charge in [-0.1, -0.05) is 0 Å². The highest BCUT2D eigenvalue weighted by Crippen LogP contribution is 2.20. The van der Waals surface area contributed by atoms with E-state index in [0.29, 0.717) is 35.8 Å². The van der Waals surface area contributed by atoms with Gasteiger partial charge in [0.2, 0.25) is 0 Å². The van der Waals surface area contributed by atoms with Crippen molar-refractivity contribution in [3.05, 3.63) is 34.1 Å². The topological polar surface area (TPSA) is 41.6 Å². The molecule has 0 bridgehead atoms. The molecule has 1 aromatic rings. The molecule has 6 heteroatoms. The molecule has 1 fully saturated rings. The fourth-order valence-electron chi connectivity index (χ4n) is 2.49. The van der Waals surface area contributed by atoms with E-state index in [1.54, 1.807) is 12.0 Å². The molecule has 1 aliphatic heterocycles. The Kier molecular flexibility index (Phi) is 6.14. The molecule has 4 nitrogen and oxygen atoms in total. The molecule has 1 heterocycles. The molecule has 2 rings (SSSR count). The zero-order chi connectivity index (χ0) is 15.2. The predicted octanol–water partition coefficient (Wildman–Crippen LogP) is 2.43. The first-order valence-electron chi connectivity index (χ1n) is 7.08. The summed E-state index contributed by atoms with van der Waals surface area (Å²) in [5.74, 6) is -0.466. The van der Waals surface area contributed by atoms with Crippen molar-refractivity contribution in [3.63, 3.8) is 0 Å². The second kappa shape index (κ2) is 7.87.